The van der Waals surface area contributed by atoms with E-state index in [4.69, 9.17) is 38.5 Å². The molecule has 4 bridgehead atoms. The Labute approximate surface area is 384 Å². The highest BCUT2D eigenvalue weighted by atomic mass is 17.3. The van der Waals surface area contributed by atoms with Crippen LogP contribution in [0.4, 0.5) is 0 Å². The molecule has 2 N–H and O–H groups in total. The second kappa shape index (κ2) is 20.6. The highest BCUT2D eigenvalue weighted by Gasteiger charge is 2.70. The Hall–Kier alpha value is -1.54. The fourth-order valence-corrected chi connectivity index (χ4v) is 12.4. The number of nitrogens with one attached hydrogen (secondary N) is 2. The minimum absolute atomic E-state index is 0.0188. The lowest BCUT2D eigenvalue weighted by atomic mass is 9.58. The largest absolute Gasteiger partial charge is 0.550 e. The first-order chi connectivity index (χ1) is 29.9. The van der Waals surface area contributed by atoms with Gasteiger partial charge in [0.15, 0.2) is 23.8 Å². The average Bonchev–Trinajstić information content (AvgIpc) is 3.58. The Kier molecular flexibility index (Phi) is 16.7. The summed E-state index contributed by atoms with van der Waals surface area (Å²) in [5.41, 5.74) is -0.899. The van der Waals surface area contributed by atoms with Gasteiger partial charge < -0.3 is 47.7 Å². The Balaban J connectivity index is 0.000000182. The van der Waals surface area contributed by atoms with Gasteiger partial charge in [-0.1, -0.05) is 27.7 Å². The van der Waals surface area contributed by atoms with Crippen molar-refractivity contribution in [2.24, 2.45) is 47.3 Å². The molecule has 10 aliphatic rings. The smallest absolute Gasteiger partial charge is 0.201 e. The number of rotatable bonds is 15. The Morgan fingerprint density at radius 1 is 0.547 bits per heavy atom. The third-order valence-electron chi connectivity index (χ3n) is 16.1. The van der Waals surface area contributed by atoms with Crippen molar-refractivity contribution >= 4 is 11.9 Å². The van der Waals surface area contributed by atoms with Crippen LogP contribution in [0.1, 0.15) is 131 Å². The summed E-state index contributed by atoms with van der Waals surface area (Å²) in [6.07, 6.45) is 11.9. The molecule has 0 aromatic rings. The molecule has 16 heteroatoms. The Morgan fingerprint density at radius 3 is 1.27 bits per heavy atom. The Bertz CT molecular complexity index is 1450. The van der Waals surface area contributed by atoms with Gasteiger partial charge in [0, 0.05) is 48.5 Å². The van der Waals surface area contributed by atoms with E-state index in [1.807, 2.05) is 13.8 Å². The number of fused-ring (bicyclic) bond motifs is 4. The summed E-state index contributed by atoms with van der Waals surface area (Å²) in [7, 11) is 13.5. The lowest BCUT2D eigenvalue weighted by Crippen LogP contribution is -2.71. The predicted octanol–water partition coefficient (Wildman–Crippen LogP) is 3.81. The summed E-state index contributed by atoms with van der Waals surface area (Å²) in [5, 5.41) is 26.4. The number of carbonyl (C=O) groups excluding carboxylic acids is 2. The molecule has 2 unspecified atom stereocenters. The molecule has 16 atom stereocenters. The van der Waals surface area contributed by atoms with E-state index in [9.17, 15) is 19.8 Å². The fraction of sp³-hybridized carbons (Fsp3) is 0.958. The van der Waals surface area contributed by atoms with E-state index in [-0.39, 0.29) is 25.0 Å². The first-order valence-electron chi connectivity index (χ1n) is 24.8. The van der Waals surface area contributed by atoms with Crippen molar-refractivity contribution in [1.82, 2.24) is 10.6 Å². The highest BCUT2D eigenvalue weighted by Crippen LogP contribution is 2.62. The lowest BCUT2D eigenvalue weighted by Gasteiger charge is -2.60. The SMILES string of the molecule is C[C@@H]1CC[C@H]2[C@@H](C)C(NCCCC[N+](C)(C)C)O[C@@H]3O[C@]4(C)CC[C@@H]1[C@]32OO4.C[C@@H]1CC[C@H]2[C@@H](C)C(NCCCC[N+](C)(C)C)O[C@@H]3O[C@]4(C)CC[C@@H]1[C@]32OO4.O=C([O-])CCC(=O)[O-]. The van der Waals surface area contributed by atoms with Gasteiger partial charge in [-0.05, 0) is 128 Å². The summed E-state index contributed by atoms with van der Waals surface area (Å²) in [6, 6.07) is 0. The molecule has 8 heterocycles. The average molecular weight is 911 g/mol. The molecule has 0 amide bonds. The maximum Gasteiger partial charge on any atom is 0.201 e. The predicted molar refractivity (Wildman–Crippen MR) is 233 cm³/mol. The minimum atomic E-state index is -1.37. The number of hydrogen-bond donors (Lipinski definition) is 2. The van der Waals surface area contributed by atoms with Gasteiger partial charge in [0.05, 0.1) is 55.4 Å². The standard InChI is InChI=1S/2C22H41N2O4.C4H6O4/c2*1-15-9-10-18-16(2)19(23-13-7-8-14-24(4,5)6)25-20-22(18)17(15)11-12-21(3,26-20)27-28-22;5-3(6)1-2-4(7)8/h2*15-20,23H,7-14H2,1-6H3;1-2H2,(H,5,6)(H,7,8)/q2*+1;/p-2/t2*15-,16-,17+,18+,19?,20-,21+,22-;/m11./s1. The normalized spacial score (nSPS) is 43.2. The number of hydrogen-bond acceptors (Lipinski definition) is 14. The number of unbranched alkanes of at least 4 members (excludes halogenated alkanes) is 2. The molecule has 8 saturated heterocycles. The topological polar surface area (TPSA) is 178 Å². The van der Waals surface area contributed by atoms with Crippen molar-refractivity contribution in [3.63, 3.8) is 0 Å². The van der Waals surface area contributed by atoms with Gasteiger partial charge in [0.2, 0.25) is 11.6 Å². The maximum atomic E-state index is 9.50. The number of quaternary nitrogens is 2. The Morgan fingerprint density at radius 2 is 0.922 bits per heavy atom. The summed E-state index contributed by atoms with van der Waals surface area (Å²) < 4.78 is 28.0. The van der Waals surface area contributed by atoms with Crippen LogP contribution in [0.2, 0.25) is 0 Å². The van der Waals surface area contributed by atoms with Gasteiger partial charge in [-0.25, -0.2) is 19.6 Å². The van der Waals surface area contributed by atoms with E-state index in [1.54, 1.807) is 0 Å². The molecule has 8 aliphatic heterocycles. The zero-order chi connectivity index (χ0) is 46.9. The molecule has 10 fully saturated rings. The van der Waals surface area contributed by atoms with E-state index in [1.165, 1.54) is 51.6 Å². The molecule has 10 rings (SSSR count). The van der Waals surface area contributed by atoms with Crippen molar-refractivity contribution in [2.75, 3.05) is 68.5 Å². The molecular formula is C48H86N4O12. The summed E-state index contributed by atoms with van der Waals surface area (Å²) >= 11 is 0. The van der Waals surface area contributed by atoms with Crippen molar-refractivity contribution in [1.29, 1.82) is 0 Å². The second-order valence-electron chi connectivity index (χ2n) is 23.2. The van der Waals surface area contributed by atoms with Crippen LogP contribution in [0.3, 0.4) is 0 Å². The number of nitrogens with zero attached hydrogens (tertiary/aromatic N) is 2. The van der Waals surface area contributed by atoms with Gasteiger partial charge in [-0.2, -0.15) is 0 Å². The first-order valence-corrected chi connectivity index (χ1v) is 24.8. The van der Waals surface area contributed by atoms with E-state index >= 15 is 0 Å². The van der Waals surface area contributed by atoms with Crippen LogP contribution in [0.5, 0.6) is 0 Å². The third-order valence-corrected chi connectivity index (χ3v) is 16.1. The van der Waals surface area contributed by atoms with E-state index in [2.05, 4.69) is 80.6 Å². The van der Waals surface area contributed by atoms with Gasteiger partial charge in [0.25, 0.3) is 0 Å². The second-order valence-corrected chi connectivity index (χ2v) is 23.2. The van der Waals surface area contributed by atoms with Crippen LogP contribution in [0.15, 0.2) is 0 Å². The van der Waals surface area contributed by atoms with Crippen LogP contribution in [0.25, 0.3) is 0 Å². The fourth-order valence-electron chi connectivity index (χ4n) is 12.4. The summed E-state index contributed by atoms with van der Waals surface area (Å²) in [5.74, 6) is -0.452. The lowest BCUT2D eigenvalue weighted by molar-refractivity contribution is -0.870. The highest BCUT2D eigenvalue weighted by molar-refractivity contribution is 5.72. The molecule has 0 radical (unpaired) electrons. The first kappa shape index (κ1) is 51.8. The molecule has 16 nitrogen and oxygen atoms in total. The molecule has 0 aromatic carbocycles. The third kappa shape index (κ3) is 11.6. The van der Waals surface area contributed by atoms with Crippen molar-refractivity contribution in [3.8, 4) is 0 Å². The van der Waals surface area contributed by atoms with Crippen LogP contribution < -0.4 is 20.8 Å². The van der Waals surface area contributed by atoms with Crippen LogP contribution in [-0.4, -0.2) is 137 Å². The number of ether oxygens (including phenoxy) is 4. The molecule has 2 saturated carbocycles. The van der Waals surface area contributed by atoms with Crippen molar-refractivity contribution in [2.45, 2.75) is 179 Å². The van der Waals surface area contributed by atoms with Gasteiger partial charge in [-0.15, -0.1) is 0 Å². The minimum Gasteiger partial charge on any atom is -0.550 e. The maximum absolute atomic E-state index is 9.50. The zero-order valence-corrected chi connectivity index (χ0v) is 41.4. The van der Waals surface area contributed by atoms with E-state index < -0.39 is 47.6 Å². The van der Waals surface area contributed by atoms with Crippen LogP contribution >= 0.6 is 0 Å². The number of carbonyl (C=O) groups is 2. The molecule has 2 aliphatic carbocycles. The van der Waals surface area contributed by atoms with Crippen LogP contribution in [-0.2, 0) is 48.1 Å². The molecular weight excluding hydrogens is 825 g/mol. The van der Waals surface area contributed by atoms with Crippen LogP contribution in [0, 0.1) is 47.3 Å². The quantitative estimate of drug-likeness (QED) is 0.138. The van der Waals surface area contributed by atoms with E-state index in [0.717, 1.165) is 60.6 Å². The summed E-state index contributed by atoms with van der Waals surface area (Å²) in [4.78, 5) is 43.2. The summed E-state index contributed by atoms with van der Waals surface area (Å²) in [6.45, 7) is 17.7. The van der Waals surface area contributed by atoms with Gasteiger partial charge >= 0.3 is 0 Å². The molecule has 64 heavy (non-hydrogen) atoms. The van der Waals surface area contributed by atoms with E-state index in [0.29, 0.717) is 47.3 Å². The molecule has 2 spiro atoms. The van der Waals surface area contributed by atoms with Crippen molar-refractivity contribution < 1.29 is 67.3 Å². The molecule has 0 aromatic heterocycles. The molecule has 370 valence electrons. The number of carboxylic acid groups (broad SMARTS) is 2. The van der Waals surface area contributed by atoms with Gasteiger partial charge in [-0.3, -0.25) is 10.6 Å². The number of aliphatic carboxylic acids is 2. The van der Waals surface area contributed by atoms with Crippen molar-refractivity contribution in [3.05, 3.63) is 0 Å². The van der Waals surface area contributed by atoms with Gasteiger partial charge in [0.1, 0.15) is 12.5 Å². The zero-order valence-electron chi connectivity index (χ0n) is 41.4. The number of carboxylic acids is 2. The monoisotopic (exact) mass is 911 g/mol.